The Morgan fingerprint density at radius 2 is 1.83 bits per heavy atom. The number of terminal acetylenes is 1. The number of nitrogens with one attached hydrogen (secondary N) is 1. The highest BCUT2D eigenvalue weighted by Gasteiger charge is 2.41. The summed E-state index contributed by atoms with van der Waals surface area (Å²) in [5, 5.41) is 3.71. The lowest BCUT2D eigenvalue weighted by molar-refractivity contribution is 0.0638. The van der Waals surface area contributed by atoms with Crippen LogP contribution < -0.4 is 5.32 Å². The van der Waals surface area contributed by atoms with Crippen molar-refractivity contribution in [1.82, 2.24) is 10.2 Å². The molecular weight excluding hydrogens is 220 g/mol. The first-order valence-corrected chi connectivity index (χ1v) is 7.67. The second-order valence-corrected chi connectivity index (χ2v) is 5.42. The fourth-order valence-corrected chi connectivity index (χ4v) is 3.46. The molecule has 18 heavy (non-hydrogen) atoms. The Morgan fingerprint density at radius 1 is 1.22 bits per heavy atom. The van der Waals surface area contributed by atoms with Gasteiger partial charge in [-0.15, -0.1) is 12.3 Å². The van der Waals surface area contributed by atoms with Gasteiger partial charge in [0.1, 0.15) is 0 Å². The quantitative estimate of drug-likeness (QED) is 0.666. The molecule has 1 unspecified atom stereocenters. The smallest absolute Gasteiger partial charge is 0.0366 e. The van der Waals surface area contributed by atoms with E-state index in [0.29, 0.717) is 6.04 Å². The van der Waals surface area contributed by atoms with Gasteiger partial charge in [-0.25, -0.2) is 0 Å². The van der Waals surface area contributed by atoms with Crippen molar-refractivity contribution in [3.8, 4) is 12.3 Å². The molecule has 0 aromatic rings. The van der Waals surface area contributed by atoms with Crippen LogP contribution in [-0.4, -0.2) is 36.1 Å². The van der Waals surface area contributed by atoms with Crippen molar-refractivity contribution in [3.05, 3.63) is 0 Å². The monoisotopic (exact) mass is 250 g/mol. The van der Waals surface area contributed by atoms with Crippen molar-refractivity contribution in [1.29, 1.82) is 0 Å². The first kappa shape index (κ1) is 15.5. The van der Waals surface area contributed by atoms with E-state index in [-0.39, 0.29) is 5.54 Å². The third-order valence-corrected chi connectivity index (χ3v) is 4.57. The minimum Gasteiger partial charge on any atom is -0.311 e. The Balaban J connectivity index is 2.86. The lowest BCUT2D eigenvalue weighted by atomic mass is 9.81. The van der Waals surface area contributed by atoms with Crippen molar-refractivity contribution in [3.63, 3.8) is 0 Å². The van der Waals surface area contributed by atoms with Crippen molar-refractivity contribution >= 4 is 0 Å². The molecule has 0 aromatic heterocycles. The molecule has 1 N–H and O–H groups in total. The summed E-state index contributed by atoms with van der Waals surface area (Å²) in [5.41, 5.74) is 0.262. The zero-order valence-corrected chi connectivity index (χ0v) is 12.5. The summed E-state index contributed by atoms with van der Waals surface area (Å²) in [4.78, 5) is 2.69. The highest BCUT2D eigenvalue weighted by Crippen LogP contribution is 2.32. The first-order chi connectivity index (χ1) is 8.75. The molecular formula is C16H30N2. The Morgan fingerprint density at radius 3 is 2.28 bits per heavy atom. The third kappa shape index (κ3) is 3.28. The lowest BCUT2D eigenvalue weighted by Gasteiger charge is -2.47. The van der Waals surface area contributed by atoms with E-state index in [1.165, 1.54) is 45.2 Å². The maximum absolute atomic E-state index is 5.60. The standard InChI is InChI=1S/C16H30N2/c1-5-11-15(17-12-6-2)16(7-3,8-4)18-13-9-10-14-18/h1,15,17H,6-14H2,2-4H3. The van der Waals surface area contributed by atoms with Crippen molar-refractivity contribution < 1.29 is 0 Å². The fraction of sp³-hybridized carbons (Fsp3) is 0.875. The highest BCUT2D eigenvalue weighted by molar-refractivity contribution is 5.05. The van der Waals surface area contributed by atoms with Crippen LogP contribution in [0.5, 0.6) is 0 Å². The molecule has 0 aliphatic carbocycles. The van der Waals surface area contributed by atoms with Gasteiger partial charge >= 0.3 is 0 Å². The fourth-order valence-electron chi connectivity index (χ4n) is 3.46. The molecule has 0 bridgehead atoms. The van der Waals surface area contributed by atoms with Gasteiger partial charge in [-0.2, -0.15) is 0 Å². The summed E-state index contributed by atoms with van der Waals surface area (Å²) in [6, 6.07) is 0.440. The second kappa shape index (κ2) is 7.81. The summed E-state index contributed by atoms with van der Waals surface area (Å²) in [7, 11) is 0. The molecule has 1 saturated heterocycles. The van der Waals surface area contributed by atoms with Crippen LogP contribution in [0.1, 0.15) is 59.3 Å². The van der Waals surface area contributed by atoms with E-state index in [2.05, 4.69) is 36.9 Å². The predicted molar refractivity (Wildman–Crippen MR) is 79.7 cm³/mol. The maximum atomic E-state index is 5.60. The Labute approximate surface area is 114 Å². The van der Waals surface area contributed by atoms with E-state index in [0.717, 1.165) is 13.0 Å². The summed E-state index contributed by atoms with van der Waals surface area (Å²) < 4.78 is 0. The van der Waals surface area contributed by atoms with Crippen LogP contribution in [0.4, 0.5) is 0 Å². The summed E-state index contributed by atoms with van der Waals surface area (Å²) in [6.07, 6.45) is 12.7. The number of likely N-dealkylation sites (tertiary alicyclic amines) is 1. The zero-order chi connectivity index (χ0) is 13.4. The molecule has 1 aliphatic rings. The van der Waals surface area contributed by atoms with Crippen LogP contribution in [0.25, 0.3) is 0 Å². The van der Waals surface area contributed by atoms with Gasteiger partial charge in [0.05, 0.1) is 0 Å². The molecule has 2 heteroatoms. The van der Waals surface area contributed by atoms with E-state index in [4.69, 9.17) is 6.42 Å². The van der Waals surface area contributed by atoms with E-state index in [1.807, 2.05) is 0 Å². The summed E-state index contributed by atoms with van der Waals surface area (Å²) in [5.74, 6) is 2.88. The van der Waals surface area contributed by atoms with E-state index in [1.54, 1.807) is 0 Å². The Kier molecular flexibility index (Phi) is 6.75. The molecule has 1 fully saturated rings. The largest absolute Gasteiger partial charge is 0.311 e. The van der Waals surface area contributed by atoms with Crippen LogP contribution in [0.3, 0.4) is 0 Å². The third-order valence-electron chi connectivity index (χ3n) is 4.57. The molecule has 0 radical (unpaired) electrons. The highest BCUT2D eigenvalue weighted by atomic mass is 15.2. The molecule has 0 aromatic carbocycles. The molecule has 104 valence electrons. The minimum absolute atomic E-state index is 0.262. The predicted octanol–water partition coefficient (Wildman–Crippen LogP) is 3.03. The lowest BCUT2D eigenvalue weighted by Crippen LogP contribution is -2.60. The van der Waals surface area contributed by atoms with Crippen LogP contribution >= 0.6 is 0 Å². The molecule has 0 spiro atoms. The maximum Gasteiger partial charge on any atom is 0.0366 e. The van der Waals surface area contributed by atoms with Gasteiger partial charge in [0.25, 0.3) is 0 Å². The molecule has 0 saturated carbocycles. The van der Waals surface area contributed by atoms with Gasteiger partial charge < -0.3 is 5.32 Å². The number of hydrogen-bond donors (Lipinski definition) is 1. The molecule has 1 heterocycles. The molecule has 0 amide bonds. The average molecular weight is 250 g/mol. The van der Waals surface area contributed by atoms with E-state index >= 15 is 0 Å². The SMILES string of the molecule is C#CCC(NCCC)C(CC)(CC)N1CCCC1. The summed E-state index contributed by atoms with van der Waals surface area (Å²) in [6.45, 7) is 10.4. The van der Waals surface area contributed by atoms with Crippen LogP contribution in [0.15, 0.2) is 0 Å². The molecule has 1 aliphatic heterocycles. The van der Waals surface area contributed by atoms with Gasteiger partial charge in [-0.3, -0.25) is 4.90 Å². The van der Waals surface area contributed by atoms with Crippen LogP contribution in [0, 0.1) is 12.3 Å². The first-order valence-electron chi connectivity index (χ1n) is 7.67. The van der Waals surface area contributed by atoms with E-state index < -0.39 is 0 Å². The Bertz CT molecular complexity index is 257. The Hall–Kier alpha value is -0.520. The summed E-state index contributed by atoms with van der Waals surface area (Å²) >= 11 is 0. The van der Waals surface area contributed by atoms with Gasteiger partial charge in [-0.05, 0) is 51.7 Å². The number of nitrogens with zero attached hydrogens (tertiary/aromatic N) is 1. The number of rotatable bonds is 8. The molecule has 1 rings (SSSR count). The average Bonchev–Trinajstić information content (AvgIpc) is 2.92. The minimum atomic E-state index is 0.262. The topological polar surface area (TPSA) is 15.3 Å². The van der Waals surface area contributed by atoms with Gasteiger partial charge in [-0.1, -0.05) is 20.8 Å². The zero-order valence-electron chi connectivity index (χ0n) is 12.5. The van der Waals surface area contributed by atoms with Crippen molar-refractivity contribution in [2.75, 3.05) is 19.6 Å². The normalized spacial score (nSPS) is 18.8. The van der Waals surface area contributed by atoms with E-state index in [9.17, 15) is 0 Å². The van der Waals surface area contributed by atoms with Crippen molar-refractivity contribution in [2.45, 2.75) is 70.9 Å². The van der Waals surface area contributed by atoms with Gasteiger partial charge in [0, 0.05) is 18.0 Å². The van der Waals surface area contributed by atoms with Crippen LogP contribution in [0.2, 0.25) is 0 Å². The second-order valence-electron chi connectivity index (χ2n) is 5.42. The van der Waals surface area contributed by atoms with Crippen LogP contribution in [-0.2, 0) is 0 Å². The van der Waals surface area contributed by atoms with Crippen molar-refractivity contribution in [2.24, 2.45) is 0 Å². The molecule has 1 atom stereocenters. The van der Waals surface area contributed by atoms with Gasteiger partial charge in [0.2, 0.25) is 0 Å². The number of hydrogen-bond acceptors (Lipinski definition) is 2. The molecule has 2 nitrogen and oxygen atoms in total. The van der Waals surface area contributed by atoms with Gasteiger partial charge in [0.15, 0.2) is 0 Å².